The topological polar surface area (TPSA) is 46.9 Å². The maximum atomic E-state index is 12.9. The number of benzene rings is 2. The van der Waals surface area contributed by atoms with Crippen LogP contribution in [0.3, 0.4) is 0 Å². The molecule has 1 heterocycles. The fourth-order valence-corrected chi connectivity index (χ4v) is 2.24. The van der Waals surface area contributed by atoms with Crippen molar-refractivity contribution in [2.75, 3.05) is 5.32 Å². The van der Waals surface area contributed by atoms with Gasteiger partial charge in [0.25, 0.3) is 5.91 Å². The monoisotopic (exact) mass is 329 g/mol. The summed E-state index contributed by atoms with van der Waals surface area (Å²) in [7, 11) is 0. The fourth-order valence-electron chi connectivity index (χ4n) is 2.12. The highest BCUT2D eigenvalue weighted by Crippen LogP contribution is 2.14. The van der Waals surface area contributed by atoms with Crippen molar-refractivity contribution >= 4 is 23.3 Å². The van der Waals surface area contributed by atoms with Gasteiger partial charge in [0.05, 0.1) is 12.7 Å². The Balaban J connectivity index is 1.74. The van der Waals surface area contributed by atoms with Gasteiger partial charge in [-0.25, -0.2) is 9.07 Å². The lowest BCUT2D eigenvalue weighted by molar-refractivity contribution is 0.102. The van der Waals surface area contributed by atoms with E-state index < -0.39 is 0 Å². The molecule has 0 saturated heterocycles. The lowest BCUT2D eigenvalue weighted by atomic mass is 10.2. The molecule has 4 nitrogen and oxygen atoms in total. The number of hydrogen-bond acceptors (Lipinski definition) is 2. The van der Waals surface area contributed by atoms with E-state index in [0.29, 0.717) is 22.9 Å². The van der Waals surface area contributed by atoms with Gasteiger partial charge in [0.2, 0.25) is 0 Å². The van der Waals surface area contributed by atoms with Crippen LogP contribution in [-0.4, -0.2) is 15.7 Å². The summed E-state index contributed by atoms with van der Waals surface area (Å²) in [5.74, 6) is -0.133. The predicted octanol–water partition coefficient (Wildman–Crippen LogP) is 3.98. The standard InChI is InChI=1S/C17H13ClFN3O/c18-14-5-1-12(2-6-14)11-22-16(9-10-20-22)21-17(23)13-3-7-15(19)8-4-13/h1-10H,11H2,(H,21,23). The maximum Gasteiger partial charge on any atom is 0.256 e. The second kappa shape index (κ2) is 6.62. The molecule has 3 rings (SSSR count). The molecule has 0 radical (unpaired) electrons. The number of nitrogens with one attached hydrogen (secondary N) is 1. The summed E-state index contributed by atoms with van der Waals surface area (Å²) in [5.41, 5.74) is 1.39. The van der Waals surface area contributed by atoms with Gasteiger partial charge in [0.15, 0.2) is 0 Å². The molecule has 0 aliphatic carbocycles. The first-order valence-corrected chi connectivity index (χ1v) is 7.33. The van der Waals surface area contributed by atoms with Gasteiger partial charge < -0.3 is 5.32 Å². The number of hydrogen-bond donors (Lipinski definition) is 1. The molecular formula is C17H13ClFN3O. The van der Waals surface area contributed by atoms with Crippen molar-refractivity contribution < 1.29 is 9.18 Å². The number of halogens is 2. The van der Waals surface area contributed by atoms with Crippen LogP contribution in [0, 0.1) is 5.82 Å². The predicted molar refractivity (Wildman–Crippen MR) is 87.1 cm³/mol. The zero-order chi connectivity index (χ0) is 16.2. The Morgan fingerprint density at radius 3 is 2.48 bits per heavy atom. The number of carbonyl (C=O) groups excluding carboxylic acids is 1. The number of aromatic nitrogens is 2. The number of anilines is 1. The van der Waals surface area contributed by atoms with Crippen LogP contribution in [0.2, 0.25) is 5.02 Å². The molecule has 6 heteroatoms. The van der Waals surface area contributed by atoms with E-state index in [1.165, 1.54) is 24.3 Å². The van der Waals surface area contributed by atoms with Crippen molar-refractivity contribution in [1.82, 2.24) is 9.78 Å². The van der Waals surface area contributed by atoms with Gasteiger partial charge >= 0.3 is 0 Å². The van der Waals surface area contributed by atoms with Crippen molar-refractivity contribution in [1.29, 1.82) is 0 Å². The van der Waals surface area contributed by atoms with Crippen LogP contribution in [0.25, 0.3) is 0 Å². The summed E-state index contributed by atoms with van der Waals surface area (Å²) in [4.78, 5) is 12.2. The minimum atomic E-state index is -0.380. The van der Waals surface area contributed by atoms with Crippen LogP contribution in [0.4, 0.5) is 10.2 Å². The van der Waals surface area contributed by atoms with Crippen molar-refractivity contribution in [2.24, 2.45) is 0 Å². The zero-order valence-electron chi connectivity index (χ0n) is 12.0. The van der Waals surface area contributed by atoms with E-state index in [1.54, 1.807) is 29.1 Å². The van der Waals surface area contributed by atoms with E-state index in [0.717, 1.165) is 5.56 Å². The minimum Gasteiger partial charge on any atom is -0.307 e. The van der Waals surface area contributed by atoms with Crippen molar-refractivity contribution in [2.45, 2.75) is 6.54 Å². The first-order chi connectivity index (χ1) is 11.1. The number of rotatable bonds is 4. The lowest BCUT2D eigenvalue weighted by Gasteiger charge is -2.09. The van der Waals surface area contributed by atoms with Gasteiger partial charge in [0, 0.05) is 16.7 Å². The summed E-state index contributed by atoms with van der Waals surface area (Å²) in [6, 6.07) is 14.5. The molecule has 0 aliphatic heterocycles. The minimum absolute atomic E-state index is 0.317. The molecule has 23 heavy (non-hydrogen) atoms. The molecule has 1 aromatic heterocycles. The van der Waals surface area contributed by atoms with Gasteiger partial charge in [-0.2, -0.15) is 5.10 Å². The average molecular weight is 330 g/mol. The van der Waals surface area contributed by atoms with Crippen LogP contribution in [0.15, 0.2) is 60.8 Å². The third-order valence-electron chi connectivity index (χ3n) is 3.31. The van der Waals surface area contributed by atoms with Crippen LogP contribution in [0.1, 0.15) is 15.9 Å². The molecule has 1 N–H and O–H groups in total. The molecule has 0 aliphatic rings. The first-order valence-electron chi connectivity index (χ1n) is 6.95. The van der Waals surface area contributed by atoms with Gasteiger partial charge in [0.1, 0.15) is 11.6 Å². The Kier molecular flexibility index (Phi) is 4.39. The van der Waals surface area contributed by atoms with Crippen molar-refractivity contribution in [3.8, 4) is 0 Å². The number of carbonyl (C=O) groups is 1. The highest BCUT2D eigenvalue weighted by Gasteiger charge is 2.10. The van der Waals surface area contributed by atoms with E-state index in [2.05, 4.69) is 10.4 Å². The summed E-state index contributed by atoms with van der Waals surface area (Å²) >= 11 is 5.87. The van der Waals surface area contributed by atoms with E-state index >= 15 is 0 Å². The molecule has 0 saturated carbocycles. The van der Waals surface area contributed by atoms with E-state index in [9.17, 15) is 9.18 Å². The molecule has 0 atom stereocenters. The van der Waals surface area contributed by atoms with Gasteiger partial charge in [-0.05, 0) is 42.0 Å². The zero-order valence-corrected chi connectivity index (χ0v) is 12.8. The lowest BCUT2D eigenvalue weighted by Crippen LogP contribution is -2.16. The van der Waals surface area contributed by atoms with Crippen LogP contribution in [-0.2, 0) is 6.54 Å². The Labute approximate surface area is 137 Å². The van der Waals surface area contributed by atoms with Gasteiger partial charge in [-0.15, -0.1) is 0 Å². The molecule has 1 amide bonds. The van der Waals surface area contributed by atoms with E-state index in [-0.39, 0.29) is 11.7 Å². The second-order valence-corrected chi connectivity index (χ2v) is 5.40. The Morgan fingerprint density at radius 1 is 1.09 bits per heavy atom. The van der Waals surface area contributed by atoms with Crippen molar-refractivity contribution in [3.63, 3.8) is 0 Å². The summed E-state index contributed by atoms with van der Waals surface area (Å²) in [6.45, 7) is 0.503. The second-order valence-electron chi connectivity index (χ2n) is 4.96. The Morgan fingerprint density at radius 2 is 1.78 bits per heavy atom. The molecule has 0 fully saturated rings. The smallest absolute Gasteiger partial charge is 0.256 e. The van der Waals surface area contributed by atoms with Crippen molar-refractivity contribution in [3.05, 3.63) is 82.8 Å². The van der Waals surface area contributed by atoms with E-state index in [1.807, 2.05) is 12.1 Å². The SMILES string of the molecule is O=C(Nc1ccnn1Cc1ccc(Cl)cc1)c1ccc(F)cc1. The summed E-state index contributed by atoms with van der Waals surface area (Å²) in [6.07, 6.45) is 1.61. The Hall–Kier alpha value is -2.66. The summed E-state index contributed by atoms with van der Waals surface area (Å²) in [5, 5.41) is 7.64. The van der Waals surface area contributed by atoms with Gasteiger partial charge in [-0.3, -0.25) is 4.79 Å². The Bertz CT molecular complexity index is 813. The van der Waals surface area contributed by atoms with E-state index in [4.69, 9.17) is 11.6 Å². The average Bonchev–Trinajstić information content (AvgIpc) is 2.97. The molecule has 0 spiro atoms. The van der Waals surface area contributed by atoms with Gasteiger partial charge in [-0.1, -0.05) is 23.7 Å². The number of amides is 1. The third kappa shape index (κ3) is 3.76. The maximum absolute atomic E-state index is 12.9. The first kappa shape index (κ1) is 15.2. The fraction of sp³-hybridized carbons (Fsp3) is 0.0588. The highest BCUT2D eigenvalue weighted by molar-refractivity contribution is 6.30. The molecule has 0 bridgehead atoms. The molecule has 2 aromatic carbocycles. The largest absolute Gasteiger partial charge is 0.307 e. The molecule has 3 aromatic rings. The third-order valence-corrected chi connectivity index (χ3v) is 3.56. The highest BCUT2D eigenvalue weighted by atomic mass is 35.5. The normalized spacial score (nSPS) is 10.5. The van der Waals surface area contributed by atoms with Crippen LogP contribution in [0.5, 0.6) is 0 Å². The quantitative estimate of drug-likeness (QED) is 0.787. The molecule has 0 unspecified atom stereocenters. The summed E-state index contributed by atoms with van der Waals surface area (Å²) < 4.78 is 14.6. The molecular weight excluding hydrogens is 317 g/mol. The van der Waals surface area contributed by atoms with Crippen LogP contribution >= 0.6 is 11.6 Å². The number of nitrogens with zero attached hydrogens (tertiary/aromatic N) is 2. The van der Waals surface area contributed by atoms with Crippen LogP contribution < -0.4 is 5.32 Å². The molecule has 116 valence electrons.